The zero-order valence-electron chi connectivity index (χ0n) is 21.2. The Bertz CT molecular complexity index is 1310. The molecule has 5 rings (SSSR count). The predicted molar refractivity (Wildman–Crippen MR) is 144 cm³/mol. The van der Waals surface area contributed by atoms with Crippen molar-refractivity contribution in [2.45, 2.75) is 6.54 Å². The first-order valence-electron chi connectivity index (χ1n) is 12.7. The number of anilines is 3. The Labute approximate surface area is 216 Å². The summed E-state index contributed by atoms with van der Waals surface area (Å²) in [5.41, 5.74) is 1.28. The van der Waals surface area contributed by atoms with Crippen molar-refractivity contribution in [1.29, 1.82) is 0 Å². The van der Waals surface area contributed by atoms with E-state index in [4.69, 9.17) is 0 Å². The van der Waals surface area contributed by atoms with E-state index in [1.54, 1.807) is 34.0 Å². The van der Waals surface area contributed by atoms with Gasteiger partial charge in [0.05, 0.1) is 11.9 Å². The molecule has 3 aromatic heterocycles. The van der Waals surface area contributed by atoms with Gasteiger partial charge in [0.1, 0.15) is 11.5 Å². The molecule has 37 heavy (non-hydrogen) atoms. The third-order valence-corrected chi connectivity index (χ3v) is 7.05. The van der Waals surface area contributed by atoms with Gasteiger partial charge >= 0.3 is 0 Å². The van der Waals surface area contributed by atoms with Gasteiger partial charge in [-0.1, -0.05) is 6.58 Å². The van der Waals surface area contributed by atoms with Crippen LogP contribution in [0, 0.1) is 0 Å². The Morgan fingerprint density at radius 3 is 2.46 bits per heavy atom. The number of rotatable bonds is 7. The molecule has 0 aliphatic carbocycles. The number of piperazine rings is 2. The maximum atomic E-state index is 12.7. The fraction of sp³-hybridized carbons (Fsp3) is 0.423. The van der Waals surface area contributed by atoms with Crippen LogP contribution in [0.3, 0.4) is 0 Å². The lowest BCUT2D eigenvalue weighted by Crippen LogP contribution is -2.49. The summed E-state index contributed by atoms with van der Waals surface area (Å²) in [6.45, 7) is 11.6. The molecule has 0 bridgehead atoms. The van der Waals surface area contributed by atoms with Gasteiger partial charge in [-0.3, -0.25) is 19.1 Å². The Balaban J connectivity index is 1.26. The number of likely N-dealkylation sites (N-methyl/N-ethyl adjacent to an activating group) is 1. The van der Waals surface area contributed by atoms with Crippen LogP contribution >= 0.6 is 0 Å². The summed E-state index contributed by atoms with van der Waals surface area (Å²) in [5, 5.41) is 4.02. The van der Waals surface area contributed by atoms with E-state index in [0.29, 0.717) is 37.8 Å². The molecule has 0 unspecified atom stereocenters. The second-order valence-corrected chi connectivity index (χ2v) is 9.49. The predicted octanol–water partition coefficient (Wildman–Crippen LogP) is 1.01. The smallest absolute Gasteiger partial charge is 0.252 e. The van der Waals surface area contributed by atoms with E-state index in [2.05, 4.69) is 48.6 Å². The van der Waals surface area contributed by atoms with Gasteiger partial charge in [-0.25, -0.2) is 9.97 Å². The van der Waals surface area contributed by atoms with Crippen LogP contribution in [0.15, 0.2) is 54.1 Å². The van der Waals surface area contributed by atoms with Crippen molar-refractivity contribution >= 4 is 34.4 Å². The van der Waals surface area contributed by atoms with Gasteiger partial charge in [0, 0.05) is 83.1 Å². The van der Waals surface area contributed by atoms with E-state index >= 15 is 0 Å². The number of amides is 1. The van der Waals surface area contributed by atoms with Crippen LogP contribution in [0.4, 0.5) is 17.5 Å². The summed E-state index contributed by atoms with van der Waals surface area (Å²) >= 11 is 0. The molecule has 3 aromatic rings. The van der Waals surface area contributed by atoms with Crippen molar-refractivity contribution in [1.82, 2.24) is 34.2 Å². The van der Waals surface area contributed by atoms with Crippen LogP contribution in [0.25, 0.3) is 11.0 Å². The maximum absolute atomic E-state index is 12.7. The van der Waals surface area contributed by atoms with Gasteiger partial charge in [-0.05, 0) is 31.3 Å². The highest BCUT2D eigenvalue weighted by atomic mass is 16.2. The minimum atomic E-state index is -0.101. The zero-order chi connectivity index (χ0) is 25.8. The Kier molecular flexibility index (Phi) is 7.42. The average molecular weight is 504 g/mol. The fourth-order valence-electron chi connectivity index (χ4n) is 4.72. The number of carbonyl (C=O) groups excluding carboxylic acids is 1. The third kappa shape index (κ3) is 5.78. The highest BCUT2D eigenvalue weighted by molar-refractivity contribution is 5.87. The van der Waals surface area contributed by atoms with Gasteiger partial charge in [0.25, 0.3) is 5.56 Å². The Morgan fingerprint density at radius 2 is 1.76 bits per heavy atom. The average Bonchev–Trinajstić information content (AvgIpc) is 2.93. The molecule has 0 aromatic carbocycles. The van der Waals surface area contributed by atoms with Crippen LogP contribution in [-0.4, -0.2) is 106 Å². The van der Waals surface area contributed by atoms with Gasteiger partial charge in [-0.15, -0.1) is 0 Å². The molecule has 0 saturated carbocycles. The first kappa shape index (κ1) is 24.8. The van der Waals surface area contributed by atoms with E-state index in [0.717, 1.165) is 56.2 Å². The minimum absolute atomic E-state index is 0.0363. The Morgan fingerprint density at radius 1 is 0.973 bits per heavy atom. The van der Waals surface area contributed by atoms with E-state index in [1.165, 1.54) is 6.08 Å². The summed E-state index contributed by atoms with van der Waals surface area (Å²) in [4.78, 5) is 47.0. The molecule has 194 valence electrons. The lowest BCUT2D eigenvalue weighted by molar-refractivity contribution is -0.127. The van der Waals surface area contributed by atoms with E-state index < -0.39 is 0 Å². The zero-order valence-corrected chi connectivity index (χ0v) is 21.2. The van der Waals surface area contributed by atoms with Gasteiger partial charge in [0.2, 0.25) is 11.9 Å². The molecule has 11 heteroatoms. The molecule has 0 atom stereocenters. The quantitative estimate of drug-likeness (QED) is 0.473. The second kappa shape index (κ2) is 11.1. The number of fused-ring (bicyclic) bond motifs is 1. The molecule has 2 saturated heterocycles. The van der Waals surface area contributed by atoms with Crippen LogP contribution in [0.1, 0.15) is 0 Å². The van der Waals surface area contributed by atoms with Crippen molar-refractivity contribution in [3.8, 4) is 0 Å². The molecule has 5 heterocycles. The molecule has 0 spiro atoms. The summed E-state index contributed by atoms with van der Waals surface area (Å²) < 4.78 is 1.69. The topological polar surface area (TPSA) is 103 Å². The number of pyridine rings is 2. The second-order valence-electron chi connectivity index (χ2n) is 9.49. The number of hydrogen-bond acceptors (Lipinski definition) is 9. The molecule has 2 fully saturated rings. The van der Waals surface area contributed by atoms with Crippen LogP contribution in [-0.2, 0) is 11.3 Å². The van der Waals surface area contributed by atoms with Crippen LogP contribution < -0.4 is 15.8 Å². The molecule has 1 N–H and O–H groups in total. The van der Waals surface area contributed by atoms with E-state index in [-0.39, 0.29) is 11.5 Å². The van der Waals surface area contributed by atoms with Crippen molar-refractivity contribution in [2.24, 2.45) is 0 Å². The van der Waals surface area contributed by atoms with E-state index in [9.17, 15) is 9.59 Å². The monoisotopic (exact) mass is 503 g/mol. The lowest BCUT2D eigenvalue weighted by atomic mass is 10.3. The number of carbonyl (C=O) groups is 1. The fourth-order valence-corrected chi connectivity index (χ4v) is 4.72. The molecule has 2 aliphatic rings. The molecule has 1 amide bonds. The van der Waals surface area contributed by atoms with Crippen LogP contribution in [0.5, 0.6) is 0 Å². The first-order chi connectivity index (χ1) is 18.0. The van der Waals surface area contributed by atoms with Crippen molar-refractivity contribution < 1.29 is 4.79 Å². The molecular weight excluding hydrogens is 470 g/mol. The molecule has 2 aliphatic heterocycles. The molecule has 0 radical (unpaired) electrons. The van der Waals surface area contributed by atoms with Crippen molar-refractivity contribution in [2.75, 3.05) is 76.2 Å². The van der Waals surface area contributed by atoms with Gasteiger partial charge in [0.15, 0.2) is 0 Å². The number of nitrogens with zero attached hydrogens (tertiary/aromatic N) is 8. The lowest BCUT2D eigenvalue weighted by Gasteiger charge is -2.34. The summed E-state index contributed by atoms with van der Waals surface area (Å²) in [6, 6.07) is 7.29. The highest BCUT2D eigenvalue weighted by Gasteiger charge is 2.20. The van der Waals surface area contributed by atoms with Gasteiger partial charge < -0.3 is 20.0 Å². The van der Waals surface area contributed by atoms with Crippen molar-refractivity contribution in [3.63, 3.8) is 0 Å². The van der Waals surface area contributed by atoms with Crippen molar-refractivity contribution in [3.05, 3.63) is 59.7 Å². The Hall–Kier alpha value is -3.83. The van der Waals surface area contributed by atoms with E-state index in [1.807, 2.05) is 12.1 Å². The summed E-state index contributed by atoms with van der Waals surface area (Å²) in [5.74, 6) is 1.34. The molecular formula is C26H33N9O2. The maximum Gasteiger partial charge on any atom is 0.252 e. The minimum Gasteiger partial charge on any atom is -0.354 e. The number of hydrogen-bond donors (Lipinski definition) is 1. The number of nitrogens with one attached hydrogen (secondary N) is 1. The SMILES string of the molecule is C=CC(=O)N1CCN(CCn2c(=O)ccc3cnc(Nc4ccc(N5CCN(C)CC5)nc4)nc32)CC1. The summed E-state index contributed by atoms with van der Waals surface area (Å²) in [7, 11) is 2.13. The summed E-state index contributed by atoms with van der Waals surface area (Å²) in [6.07, 6.45) is 4.87. The third-order valence-electron chi connectivity index (χ3n) is 7.05. The highest BCUT2D eigenvalue weighted by Crippen LogP contribution is 2.19. The normalized spacial score (nSPS) is 17.2. The molecule has 11 nitrogen and oxygen atoms in total. The number of aromatic nitrogens is 4. The largest absolute Gasteiger partial charge is 0.354 e. The first-order valence-corrected chi connectivity index (χ1v) is 12.7. The van der Waals surface area contributed by atoms with Crippen LogP contribution in [0.2, 0.25) is 0 Å². The standard InChI is InChI=1S/C26H33N9O2/c1-3-23(36)34-15-10-32(11-16-34)12-17-35-24(37)7-4-20-18-28-26(30-25(20)35)29-21-5-6-22(27-19-21)33-13-8-31(2)9-14-33/h3-7,18-19H,1,8-17H2,2H3,(H,28,29,30). The van der Waals surface area contributed by atoms with Gasteiger partial charge in [-0.2, -0.15) is 4.98 Å².